The molecule has 1 N–H and O–H groups in total. The van der Waals surface area contributed by atoms with Gasteiger partial charge in [0.25, 0.3) is 5.91 Å². The Balaban J connectivity index is 1.55. The van der Waals surface area contributed by atoms with Crippen molar-refractivity contribution in [2.45, 2.75) is 38.5 Å². The maximum Gasteiger partial charge on any atom is 0.276 e. The maximum absolute atomic E-state index is 13.5. The summed E-state index contributed by atoms with van der Waals surface area (Å²) < 4.78 is 13.5. The molecule has 4 rings (SSSR count). The molecule has 1 aliphatic carbocycles. The van der Waals surface area contributed by atoms with Gasteiger partial charge < -0.3 is 0 Å². The van der Waals surface area contributed by atoms with Crippen LogP contribution in [0.5, 0.6) is 0 Å². The fraction of sp³-hybridized carbons (Fsp3) is 0.300. The van der Waals surface area contributed by atoms with Gasteiger partial charge in [0.1, 0.15) is 11.5 Å². The minimum atomic E-state index is -0.421. The Hall–Kier alpha value is -2.67. The fourth-order valence-corrected chi connectivity index (χ4v) is 4.22. The molecule has 0 atom stereocenters. The number of halogens is 1. The molecule has 1 fully saturated rings. The van der Waals surface area contributed by atoms with Gasteiger partial charge in [-0.15, -0.1) is 11.3 Å². The van der Waals surface area contributed by atoms with Crippen molar-refractivity contribution in [2.75, 3.05) is 5.32 Å². The molecule has 0 unspecified atom stereocenters. The normalized spacial score (nSPS) is 14.4. The Morgan fingerprint density at radius 2 is 1.96 bits per heavy atom. The molecule has 138 valence electrons. The van der Waals surface area contributed by atoms with Crippen molar-refractivity contribution < 1.29 is 9.18 Å². The first-order chi connectivity index (χ1) is 13.1. The maximum atomic E-state index is 13.5. The number of nitrogens with zero attached hydrogens (tertiary/aromatic N) is 3. The first-order valence-corrected chi connectivity index (χ1v) is 9.83. The minimum absolute atomic E-state index is 0.270. The van der Waals surface area contributed by atoms with Gasteiger partial charge in [-0.3, -0.25) is 15.1 Å². The van der Waals surface area contributed by atoms with E-state index in [9.17, 15) is 9.18 Å². The average molecular weight is 382 g/mol. The third-order valence-electron chi connectivity index (χ3n) is 4.74. The van der Waals surface area contributed by atoms with E-state index in [1.807, 2.05) is 5.38 Å². The second-order valence-corrected chi connectivity index (χ2v) is 7.65. The number of amides is 1. The number of pyridine rings is 2. The van der Waals surface area contributed by atoms with Gasteiger partial charge in [0, 0.05) is 28.8 Å². The molecule has 0 spiro atoms. The standard InChI is InChI=1S/C20H19FN4OS/c1-12-6-14(15-7-16(21)10-22-9-15)8-17(23-12)19(26)25-20-24-18(11-27-20)13-4-2-3-5-13/h6-11,13H,2-5H2,1H3,(H,24,25,26). The summed E-state index contributed by atoms with van der Waals surface area (Å²) >= 11 is 1.44. The van der Waals surface area contributed by atoms with Gasteiger partial charge in [0.05, 0.1) is 11.9 Å². The Labute approximate surface area is 160 Å². The highest BCUT2D eigenvalue weighted by Crippen LogP contribution is 2.35. The van der Waals surface area contributed by atoms with E-state index in [4.69, 9.17) is 0 Å². The molecule has 3 aromatic rings. The zero-order chi connectivity index (χ0) is 18.8. The molecule has 0 bridgehead atoms. The molecule has 0 saturated heterocycles. The van der Waals surface area contributed by atoms with Crippen LogP contribution in [0.4, 0.5) is 9.52 Å². The molecule has 7 heteroatoms. The van der Waals surface area contributed by atoms with Crippen LogP contribution in [-0.2, 0) is 0 Å². The zero-order valence-corrected chi connectivity index (χ0v) is 15.7. The Bertz CT molecular complexity index is 982. The van der Waals surface area contributed by atoms with Crippen LogP contribution in [0, 0.1) is 12.7 Å². The number of hydrogen-bond donors (Lipinski definition) is 1. The summed E-state index contributed by atoms with van der Waals surface area (Å²) in [6.45, 7) is 1.80. The summed E-state index contributed by atoms with van der Waals surface area (Å²) in [7, 11) is 0. The predicted molar refractivity (Wildman–Crippen MR) is 103 cm³/mol. The van der Waals surface area contributed by atoms with Crippen LogP contribution < -0.4 is 5.32 Å². The van der Waals surface area contributed by atoms with Crippen LogP contribution in [0.25, 0.3) is 11.1 Å². The number of nitrogens with one attached hydrogen (secondary N) is 1. The van der Waals surface area contributed by atoms with Crippen LogP contribution in [0.3, 0.4) is 0 Å². The van der Waals surface area contributed by atoms with Crippen LogP contribution >= 0.6 is 11.3 Å². The van der Waals surface area contributed by atoms with Crippen molar-refractivity contribution in [1.82, 2.24) is 15.0 Å². The number of rotatable bonds is 4. The molecule has 1 saturated carbocycles. The molecule has 0 radical (unpaired) electrons. The van der Waals surface area contributed by atoms with E-state index >= 15 is 0 Å². The first-order valence-electron chi connectivity index (χ1n) is 8.95. The number of carbonyl (C=O) groups is 1. The third kappa shape index (κ3) is 4.03. The Morgan fingerprint density at radius 1 is 1.15 bits per heavy atom. The van der Waals surface area contributed by atoms with Gasteiger partial charge in [-0.25, -0.2) is 14.4 Å². The molecule has 1 aliphatic rings. The molecule has 3 aromatic heterocycles. The summed E-state index contributed by atoms with van der Waals surface area (Å²) in [4.78, 5) is 25.4. The van der Waals surface area contributed by atoms with Gasteiger partial charge in [-0.1, -0.05) is 12.8 Å². The Morgan fingerprint density at radius 3 is 2.74 bits per heavy atom. The van der Waals surface area contributed by atoms with E-state index in [0.717, 1.165) is 11.9 Å². The van der Waals surface area contributed by atoms with E-state index in [0.29, 0.717) is 27.9 Å². The van der Waals surface area contributed by atoms with Crippen LogP contribution in [0.15, 0.2) is 36.0 Å². The van der Waals surface area contributed by atoms with Crippen molar-refractivity contribution in [1.29, 1.82) is 0 Å². The van der Waals surface area contributed by atoms with Crippen molar-refractivity contribution in [3.8, 4) is 11.1 Å². The molecule has 3 heterocycles. The number of aryl methyl sites for hydroxylation is 1. The van der Waals surface area contributed by atoms with Gasteiger partial charge in [0.2, 0.25) is 0 Å². The number of thiazole rings is 1. The molecule has 1 amide bonds. The lowest BCUT2D eigenvalue weighted by atomic mass is 10.1. The van der Waals surface area contributed by atoms with Crippen molar-refractivity contribution >= 4 is 22.4 Å². The van der Waals surface area contributed by atoms with E-state index in [2.05, 4.69) is 20.3 Å². The topological polar surface area (TPSA) is 67.8 Å². The highest BCUT2D eigenvalue weighted by Gasteiger charge is 2.20. The zero-order valence-electron chi connectivity index (χ0n) is 14.9. The second kappa shape index (κ2) is 7.52. The van der Waals surface area contributed by atoms with Crippen molar-refractivity contribution in [3.05, 3.63) is 58.9 Å². The van der Waals surface area contributed by atoms with E-state index < -0.39 is 5.82 Å². The summed E-state index contributed by atoms with van der Waals surface area (Å²) in [6, 6.07) is 4.83. The van der Waals surface area contributed by atoms with Gasteiger partial charge in [-0.05, 0) is 43.5 Å². The Kier molecular flexibility index (Phi) is 4.94. The van der Waals surface area contributed by atoms with Crippen LogP contribution in [0.1, 0.15) is 53.5 Å². The van der Waals surface area contributed by atoms with Crippen molar-refractivity contribution in [3.63, 3.8) is 0 Å². The largest absolute Gasteiger partial charge is 0.296 e. The van der Waals surface area contributed by atoms with Gasteiger partial charge in [-0.2, -0.15) is 0 Å². The molecule has 0 aromatic carbocycles. The van der Waals surface area contributed by atoms with Crippen molar-refractivity contribution in [2.24, 2.45) is 0 Å². The lowest BCUT2D eigenvalue weighted by Crippen LogP contribution is -2.14. The summed E-state index contributed by atoms with van der Waals surface area (Å²) in [6.07, 6.45) is 7.54. The van der Waals surface area contributed by atoms with E-state index in [-0.39, 0.29) is 11.6 Å². The number of hydrogen-bond acceptors (Lipinski definition) is 5. The highest BCUT2D eigenvalue weighted by molar-refractivity contribution is 7.14. The fourth-order valence-electron chi connectivity index (χ4n) is 3.44. The molecular formula is C20H19FN4OS. The van der Waals surface area contributed by atoms with E-state index in [1.165, 1.54) is 43.1 Å². The second-order valence-electron chi connectivity index (χ2n) is 6.79. The SMILES string of the molecule is Cc1cc(-c2cncc(F)c2)cc(C(=O)Nc2nc(C3CCCC3)cs2)n1. The lowest BCUT2D eigenvalue weighted by Gasteiger charge is -2.07. The quantitative estimate of drug-likeness (QED) is 0.693. The molecule has 27 heavy (non-hydrogen) atoms. The smallest absolute Gasteiger partial charge is 0.276 e. The predicted octanol–water partition coefficient (Wildman–Crippen LogP) is 4.96. The monoisotopic (exact) mass is 382 g/mol. The lowest BCUT2D eigenvalue weighted by molar-refractivity contribution is 0.102. The number of carbonyl (C=O) groups excluding carboxylic acids is 1. The van der Waals surface area contributed by atoms with Gasteiger partial charge >= 0.3 is 0 Å². The average Bonchev–Trinajstić information content (AvgIpc) is 3.32. The van der Waals surface area contributed by atoms with Gasteiger partial charge in [0.15, 0.2) is 5.13 Å². The van der Waals surface area contributed by atoms with Crippen LogP contribution in [-0.4, -0.2) is 20.9 Å². The molecular weight excluding hydrogens is 363 g/mol. The first kappa shape index (κ1) is 17.7. The number of anilines is 1. The summed E-state index contributed by atoms with van der Waals surface area (Å²) in [5, 5.41) is 5.45. The molecule has 0 aliphatic heterocycles. The van der Waals surface area contributed by atoms with Crippen LogP contribution in [0.2, 0.25) is 0 Å². The highest BCUT2D eigenvalue weighted by atomic mass is 32.1. The molecule has 5 nitrogen and oxygen atoms in total. The van der Waals surface area contributed by atoms with E-state index in [1.54, 1.807) is 25.3 Å². The summed E-state index contributed by atoms with van der Waals surface area (Å²) in [5.74, 6) is -0.233. The number of aromatic nitrogens is 3. The summed E-state index contributed by atoms with van der Waals surface area (Å²) in [5.41, 5.74) is 3.31. The minimum Gasteiger partial charge on any atom is -0.296 e. The third-order valence-corrected chi connectivity index (χ3v) is 5.52.